The molecule has 0 fully saturated rings. The Bertz CT molecular complexity index is 1190. The van der Waals surface area contributed by atoms with Crippen LogP contribution in [0.25, 0.3) is 11.5 Å². The molecule has 0 bridgehead atoms. The molecule has 1 aromatic heterocycles. The second-order valence-corrected chi connectivity index (χ2v) is 8.02. The van der Waals surface area contributed by atoms with Crippen molar-refractivity contribution < 1.29 is 40.4 Å². The number of carbonyl (C=O) groups is 1. The molecule has 0 aliphatic heterocycles. The van der Waals surface area contributed by atoms with E-state index in [4.69, 9.17) is 14.0 Å². The molecule has 1 heterocycles. The highest BCUT2D eigenvalue weighted by Gasteiger charge is 2.31. The van der Waals surface area contributed by atoms with Gasteiger partial charge in [-0.1, -0.05) is 11.2 Å². The molecule has 13 heteroatoms. The maximum absolute atomic E-state index is 12.8. The quantitative estimate of drug-likeness (QED) is 0.498. The Hall–Kier alpha value is -3.45. The summed E-state index contributed by atoms with van der Waals surface area (Å²) in [6, 6.07) is 9.88. The number of sulfonamides is 1. The fraction of sp³-hybridized carbons (Fsp3) is 0.211. The van der Waals surface area contributed by atoms with Gasteiger partial charge in [-0.15, -0.1) is 0 Å². The summed E-state index contributed by atoms with van der Waals surface area (Å²) >= 11 is 0. The van der Waals surface area contributed by atoms with E-state index in [2.05, 4.69) is 10.1 Å². The number of benzene rings is 2. The zero-order chi connectivity index (χ0) is 23.4. The van der Waals surface area contributed by atoms with Gasteiger partial charge in [0, 0.05) is 5.56 Å². The van der Waals surface area contributed by atoms with Gasteiger partial charge in [-0.3, -0.25) is 4.79 Å². The molecule has 1 N–H and O–H groups in total. The van der Waals surface area contributed by atoms with Gasteiger partial charge in [-0.05, 0) is 42.5 Å². The van der Waals surface area contributed by atoms with Crippen molar-refractivity contribution in [1.29, 1.82) is 0 Å². The number of methoxy groups -OCH3 is 1. The minimum atomic E-state index is -4.71. The molecule has 32 heavy (non-hydrogen) atoms. The second kappa shape index (κ2) is 9.36. The van der Waals surface area contributed by atoms with Crippen molar-refractivity contribution in [3.8, 4) is 17.2 Å². The Balaban J connectivity index is 1.55. The van der Waals surface area contributed by atoms with Crippen LogP contribution in [-0.2, 0) is 32.3 Å². The van der Waals surface area contributed by atoms with Gasteiger partial charge in [0.2, 0.25) is 15.8 Å². The molecule has 3 rings (SSSR count). The number of ether oxygens (including phenoxy) is 2. The summed E-state index contributed by atoms with van der Waals surface area (Å²) in [5.41, 5.74) is -0.530. The fourth-order valence-electron chi connectivity index (χ4n) is 2.44. The van der Waals surface area contributed by atoms with Crippen LogP contribution in [0.1, 0.15) is 11.4 Å². The molecule has 2 aromatic carbocycles. The first-order chi connectivity index (χ1) is 15.1. The summed E-state index contributed by atoms with van der Waals surface area (Å²) in [5.74, 6) is -0.153. The minimum absolute atomic E-state index is 0.0323. The van der Waals surface area contributed by atoms with Crippen LogP contribution >= 0.6 is 0 Å². The van der Waals surface area contributed by atoms with Gasteiger partial charge in [-0.25, -0.2) is 8.42 Å². The van der Waals surface area contributed by atoms with Crippen molar-refractivity contribution >= 4 is 16.0 Å². The van der Waals surface area contributed by atoms with Crippen LogP contribution in [0.4, 0.5) is 13.2 Å². The summed E-state index contributed by atoms with van der Waals surface area (Å²) < 4.78 is 79.5. The van der Waals surface area contributed by atoms with Gasteiger partial charge in [0.25, 0.3) is 5.89 Å². The first kappa shape index (κ1) is 23.2. The smallest absolute Gasteiger partial charge is 0.416 e. The fourth-order valence-corrected chi connectivity index (χ4v) is 3.45. The van der Waals surface area contributed by atoms with Crippen LogP contribution in [0.3, 0.4) is 0 Å². The highest BCUT2D eigenvalue weighted by molar-refractivity contribution is 7.89. The lowest BCUT2D eigenvalue weighted by Gasteiger charge is -2.10. The van der Waals surface area contributed by atoms with Gasteiger partial charge in [0.05, 0.1) is 17.6 Å². The SMILES string of the molecule is COc1ccc(-c2nc(COC(=O)CNS(=O)(=O)c3cccc(C(F)(F)F)c3)no2)cc1. The third kappa shape index (κ3) is 5.82. The molecule has 0 amide bonds. The summed E-state index contributed by atoms with van der Waals surface area (Å²) in [7, 11) is -2.85. The monoisotopic (exact) mass is 471 g/mol. The van der Waals surface area contributed by atoms with Crippen LogP contribution in [0, 0.1) is 0 Å². The van der Waals surface area contributed by atoms with Crippen molar-refractivity contribution in [2.24, 2.45) is 0 Å². The lowest BCUT2D eigenvalue weighted by atomic mass is 10.2. The van der Waals surface area contributed by atoms with Crippen molar-refractivity contribution in [2.75, 3.05) is 13.7 Å². The van der Waals surface area contributed by atoms with Crippen LogP contribution in [0.15, 0.2) is 57.9 Å². The Morgan fingerprint density at radius 2 is 1.88 bits per heavy atom. The average Bonchev–Trinajstić information content (AvgIpc) is 3.25. The van der Waals surface area contributed by atoms with E-state index in [1.165, 1.54) is 7.11 Å². The van der Waals surface area contributed by atoms with E-state index in [1.807, 2.05) is 4.72 Å². The molecule has 0 spiro atoms. The predicted octanol–water partition coefficient (Wildman–Crippen LogP) is 2.79. The highest BCUT2D eigenvalue weighted by atomic mass is 32.2. The van der Waals surface area contributed by atoms with E-state index in [0.717, 1.165) is 18.2 Å². The number of hydrogen-bond acceptors (Lipinski definition) is 8. The molecule has 0 radical (unpaired) electrons. The van der Waals surface area contributed by atoms with E-state index in [0.29, 0.717) is 17.4 Å². The Labute approximate surface area is 180 Å². The molecule has 0 saturated carbocycles. The number of alkyl halides is 3. The molecular weight excluding hydrogens is 455 g/mol. The zero-order valence-corrected chi connectivity index (χ0v) is 17.2. The average molecular weight is 471 g/mol. The molecule has 0 aliphatic carbocycles. The topological polar surface area (TPSA) is 121 Å². The van der Waals surface area contributed by atoms with E-state index in [-0.39, 0.29) is 11.7 Å². The number of carbonyl (C=O) groups excluding carboxylic acids is 1. The molecular formula is C19H16F3N3O6S. The Morgan fingerprint density at radius 1 is 1.16 bits per heavy atom. The number of rotatable bonds is 8. The third-order valence-electron chi connectivity index (χ3n) is 4.05. The first-order valence-electron chi connectivity index (χ1n) is 8.88. The molecule has 0 saturated heterocycles. The van der Waals surface area contributed by atoms with Crippen LogP contribution in [0.2, 0.25) is 0 Å². The molecule has 0 unspecified atom stereocenters. The Morgan fingerprint density at radius 3 is 2.53 bits per heavy atom. The summed E-state index contributed by atoms with van der Waals surface area (Å²) in [6.45, 7) is -1.20. The molecule has 9 nitrogen and oxygen atoms in total. The van der Waals surface area contributed by atoms with E-state index in [9.17, 15) is 26.4 Å². The highest BCUT2D eigenvalue weighted by Crippen LogP contribution is 2.30. The predicted molar refractivity (Wildman–Crippen MR) is 103 cm³/mol. The third-order valence-corrected chi connectivity index (χ3v) is 5.44. The van der Waals surface area contributed by atoms with Gasteiger partial charge in [0.15, 0.2) is 6.61 Å². The minimum Gasteiger partial charge on any atom is -0.497 e. The number of halogens is 3. The van der Waals surface area contributed by atoms with Gasteiger partial charge < -0.3 is 14.0 Å². The van der Waals surface area contributed by atoms with Crippen molar-refractivity contribution in [2.45, 2.75) is 17.7 Å². The molecule has 0 atom stereocenters. The molecule has 0 aliphatic rings. The van der Waals surface area contributed by atoms with Crippen molar-refractivity contribution in [3.05, 3.63) is 59.9 Å². The van der Waals surface area contributed by atoms with Crippen LogP contribution in [0.5, 0.6) is 5.75 Å². The van der Waals surface area contributed by atoms with Crippen LogP contribution < -0.4 is 9.46 Å². The van der Waals surface area contributed by atoms with E-state index < -0.39 is 45.8 Å². The number of hydrogen-bond donors (Lipinski definition) is 1. The number of nitrogens with one attached hydrogen (secondary N) is 1. The van der Waals surface area contributed by atoms with E-state index in [1.54, 1.807) is 24.3 Å². The van der Waals surface area contributed by atoms with Crippen LogP contribution in [-0.4, -0.2) is 38.2 Å². The number of esters is 1. The lowest BCUT2D eigenvalue weighted by Crippen LogP contribution is -2.31. The summed E-state index contributed by atoms with van der Waals surface area (Å²) in [5, 5.41) is 3.66. The maximum atomic E-state index is 12.8. The van der Waals surface area contributed by atoms with Gasteiger partial charge in [-0.2, -0.15) is 22.9 Å². The largest absolute Gasteiger partial charge is 0.497 e. The molecule has 3 aromatic rings. The molecule has 170 valence electrons. The lowest BCUT2D eigenvalue weighted by molar-refractivity contribution is -0.143. The van der Waals surface area contributed by atoms with Crippen molar-refractivity contribution in [1.82, 2.24) is 14.9 Å². The standard InChI is InChI=1S/C19H16F3N3O6S/c1-29-14-7-5-12(6-8-14)18-24-16(25-31-18)11-30-17(26)10-23-32(27,28)15-4-2-3-13(9-15)19(20,21)22/h2-9,23H,10-11H2,1H3. The maximum Gasteiger partial charge on any atom is 0.416 e. The number of nitrogens with zero attached hydrogens (tertiary/aromatic N) is 2. The zero-order valence-electron chi connectivity index (χ0n) is 16.4. The normalized spacial score (nSPS) is 11.9. The Kier molecular flexibility index (Phi) is 6.79. The summed E-state index contributed by atoms with van der Waals surface area (Å²) in [4.78, 5) is 15.3. The summed E-state index contributed by atoms with van der Waals surface area (Å²) in [6.07, 6.45) is -4.71. The first-order valence-corrected chi connectivity index (χ1v) is 10.4. The van der Waals surface area contributed by atoms with E-state index >= 15 is 0 Å². The second-order valence-electron chi connectivity index (χ2n) is 6.26. The number of aromatic nitrogens is 2. The van der Waals surface area contributed by atoms with Gasteiger partial charge in [0.1, 0.15) is 12.3 Å². The van der Waals surface area contributed by atoms with Gasteiger partial charge >= 0.3 is 12.1 Å². The van der Waals surface area contributed by atoms with Crippen molar-refractivity contribution in [3.63, 3.8) is 0 Å².